The summed E-state index contributed by atoms with van der Waals surface area (Å²) in [7, 11) is 1.54. The first-order valence-electron chi connectivity index (χ1n) is 11.4. The van der Waals surface area contributed by atoms with Crippen molar-refractivity contribution in [3.05, 3.63) is 88.4 Å². The van der Waals surface area contributed by atoms with E-state index in [2.05, 4.69) is 15.8 Å². The second-order valence-corrected chi connectivity index (χ2v) is 8.11. The molecule has 0 saturated heterocycles. The molecule has 0 aliphatic heterocycles. The normalized spacial score (nSPS) is 10.6. The van der Waals surface area contributed by atoms with Gasteiger partial charge in [-0.3, -0.25) is 9.59 Å². The van der Waals surface area contributed by atoms with Crippen molar-refractivity contribution in [1.82, 2.24) is 10.7 Å². The summed E-state index contributed by atoms with van der Waals surface area (Å²) < 4.78 is 16.7. The number of amides is 2. The molecule has 0 radical (unpaired) electrons. The number of hydrazone groups is 1. The van der Waals surface area contributed by atoms with Crippen molar-refractivity contribution in [2.24, 2.45) is 5.10 Å². The molecule has 0 aliphatic carbocycles. The van der Waals surface area contributed by atoms with Crippen LogP contribution in [0.15, 0.2) is 71.8 Å². The van der Waals surface area contributed by atoms with E-state index >= 15 is 0 Å². The third-order valence-corrected chi connectivity index (χ3v) is 5.15. The van der Waals surface area contributed by atoms with Crippen molar-refractivity contribution in [3.8, 4) is 17.2 Å². The molecular weight excluding hydrogens is 482 g/mol. The van der Waals surface area contributed by atoms with E-state index in [1.807, 2.05) is 19.1 Å². The lowest BCUT2D eigenvalue weighted by molar-refractivity contribution is -0.120. The van der Waals surface area contributed by atoms with E-state index in [1.54, 1.807) is 61.7 Å². The molecule has 0 spiro atoms. The number of benzene rings is 3. The van der Waals surface area contributed by atoms with Crippen molar-refractivity contribution < 1.29 is 23.8 Å². The molecule has 0 atom stereocenters. The fourth-order valence-electron chi connectivity index (χ4n) is 3.03. The molecule has 2 N–H and O–H groups in total. The number of nitrogens with one attached hydrogen (secondary N) is 2. The van der Waals surface area contributed by atoms with Gasteiger partial charge in [0.15, 0.2) is 11.5 Å². The smallest absolute Gasteiger partial charge is 0.259 e. The quantitative estimate of drug-likeness (QED) is 0.275. The van der Waals surface area contributed by atoms with E-state index in [-0.39, 0.29) is 12.5 Å². The van der Waals surface area contributed by atoms with Gasteiger partial charge in [-0.15, -0.1) is 0 Å². The number of halogens is 1. The zero-order chi connectivity index (χ0) is 25.8. The predicted octanol–water partition coefficient (Wildman–Crippen LogP) is 4.60. The van der Waals surface area contributed by atoms with Crippen molar-refractivity contribution in [1.29, 1.82) is 0 Å². The van der Waals surface area contributed by atoms with Gasteiger partial charge in [-0.1, -0.05) is 30.7 Å². The Kier molecular flexibility index (Phi) is 10.1. The highest BCUT2D eigenvalue weighted by Gasteiger charge is 2.09. The van der Waals surface area contributed by atoms with Crippen LogP contribution in [0, 0.1) is 0 Å². The number of hydrogen-bond acceptors (Lipinski definition) is 6. The molecule has 8 nitrogen and oxygen atoms in total. The summed E-state index contributed by atoms with van der Waals surface area (Å²) in [5.74, 6) is 0.963. The monoisotopic (exact) mass is 509 g/mol. The molecule has 3 aromatic rings. The largest absolute Gasteiger partial charge is 0.494 e. The molecule has 36 heavy (non-hydrogen) atoms. The number of hydrogen-bond donors (Lipinski definition) is 2. The number of carbonyl (C=O) groups is 2. The van der Waals surface area contributed by atoms with Crippen LogP contribution in [0.25, 0.3) is 0 Å². The number of ether oxygens (including phenoxy) is 3. The van der Waals surface area contributed by atoms with Gasteiger partial charge in [-0.25, -0.2) is 5.43 Å². The third kappa shape index (κ3) is 8.32. The Morgan fingerprint density at radius 1 is 0.972 bits per heavy atom. The molecule has 0 heterocycles. The zero-order valence-corrected chi connectivity index (χ0v) is 20.9. The Bertz CT molecular complexity index is 1180. The highest BCUT2D eigenvalue weighted by Crippen LogP contribution is 2.28. The Hall–Kier alpha value is -4.04. The molecule has 0 aliphatic rings. The van der Waals surface area contributed by atoms with Crippen molar-refractivity contribution in [3.63, 3.8) is 0 Å². The van der Waals surface area contributed by atoms with Crippen LogP contribution >= 0.6 is 11.6 Å². The minimum Gasteiger partial charge on any atom is -0.494 e. The van der Waals surface area contributed by atoms with Crippen LogP contribution in [0.2, 0.25) is 5.02 Å². The van der Waals surface area contributed by atoms with Gasteiger partial charge in [0.25, 0.3) is 11.8 Å². The highest BCUT2D eigenvalue weighted by atomic mass is 35.5. The average molecular weight is 510 g/mol. The third-order valence-electron chi connectivity index (χ3n) is 4.90. The maximum Gasteiger partial charge on any atom is 0.259 e. The predicted molar refractivity (Wildman–Crippen MR) is 139 cm³/mol. The number of carbonyl (C=O) groups excluding carboxylic acids is 2. The minimum atomic E-state index is -0.461. The lowest BCUT2D eigenvalue weighted by Gasteiger charge is -2.11. The van der Waals surface area contributed by atoms with Crippen molar-refractivity contribution in [2.75, 3.05) is 20.3 Å². The van der Waals surface area contributed by atoms with Crippen molar-refractivity contribution in [2.45, 2.75) is 20.0 Å². The molecule has 0 fully saturated rings. The second-order valence-electron chi connectivity index (χ2n) is 7.67. The summed E-state index contributed by atoms with van der Waals surface area (Å²) in [6, 6.07) is 19.4. The molecule has 0 unspecified atom stereocenters. The molecule has 9 heteroatoms. The molecule has 3 aromatic carbocycles. The van der Waals surface area contributed by atoms with Gasteiger partial charge < -0.3 is 19.5 Å². The first kappa shape index (κ1) is 26.6. The van der Waals surface area contributed by atoms with Gasteiger partial charge in [-0.05, 0) is 72.1 Å². The topological polar surface area (TPSA) is 98.2 Å². The molecule has 0 bridgehead atoms. The van der Waals surface area contributed by atoms with Gasteiger partial charge in [-0.2, -0.15) is 5.10 Å². The number of rotatable bonds is 12. The fraction of sp³-hybridized carbons (Fsp3) is 0.222. The van der Waals surface area contributed by atoms with Crippen LogP contribution in [0.4, 0.5) is 0 Å². The van der Waals surface area contributed by atoms with Crippen LogP contribution in [-0.2, 0) is 11.4 Å². The van der Waals surface area contributed by atoms with E-state index in [4.69, 9.17) is 25.8 Å². The molecule has 0 saturated carbocycles. The molecule has 2 amide bonds. The van der Waals surface area contributed by atoms with Crippen LogP contribution in [-0.4, -0.2) is 38.3 Å². The maximum atomic E-state index is 12.2. The Morgan fingerprint density at radius 3 is 2.42 bits per heavy atom. The van der Waals surface area contributed by atoms with Gasteiger partial charge in [0.05, 0.1) is 26.5 Å². The summed E-state index contributed by atoms with van der Waals surface area (Å²) in [4.78, 5) is 24.3. The standard InChI is InChI=1S/C27H28ClN3O5/c1-3-14-35-23-11-7-21(8-12-23)27(33)29-17-26(32)31-30-16-20-6-13-24(25(15-20)34-2)36-18-19-4-9-22(28)10-5-19/h4-13,15-16H,3,14,17-18H2,1-2H3,(H,29,33)(H,31,32). The second kappa shape index (κ2) is 13.7. The van der Waals surface area contributed by atoms with E-state index < -0.39 is 5.91 Å². The zero-order valence-electron chi connectivity index (χ0n) is 20.1. The Morgan fingerprint density at radius 2 is 1.72 bits per heavy atom. The summed E-state index contributed by atoms with van der Waals surface area (Å²) in [5, 5.41) is 7.16. The molecular formula is C27H28ClN3O5. The first-order chi connectivity index (χ1) is 17.5. The van der Waals surface area contributed by atoms with Gasteiger partial charge in [0.2, 0.25) is 0 Å². The van der Waals surface area contributed by atoms with Crippen LogP contribution in [0.1, 0.15) is 34.8 Å². The van der Waals surface area contributed by atoms with Gasteiger partial charge >= 0.3 is 0 Å². The number of nitrogens with zero attached hydrogens (tertiary/aromatic N) is 1. The van der Waals surface area contributed by atoms with Gasteiger partial charge in [0, 0.05) is 10.6 Å². The molecule has 0 aromatic heterocycles. The van der Waals surface area contributed by atoms with Crippen molar-refractivity contribution >= 4 is 29.6 Å². The highest BCUT2D eigenvalue weighted by molar-refractivity contribution is 6.30. The molecule has 188 valence electrons. The molecule has 3 rings (SSSR count). The van der Waals surface area contributed by atoms with Crippen LogP contribution < -0.4 is 25.0 Å². The van der Waals surface area contributed by atoms with Crippen LogP contribution in [0.5, 0.6) is 17.2 Å². The Labute approximate surface area is 215 Å². The Balaban J connectivity index is 1.46. The van der Waals surface area contributed by atoms with E-state index in [1.165, 1.54) is 6.21 Å². The minimum absolute atomic E-state index is 0.217. The maximum absolute atomic E-state index is 12.2. The van der Waals surface area contributed by atoms with E-state index in [0.717, 1.165) is 12.0 Å². The summed E-state index contributed by atoms with van der Waals surface area (Å²) in [6.07, 6.45) is 2.37. The summed E-state index contributed by atoms with van der Waals surface area (Å²) in [5.41, 5.74) is 4.48. The van der Waals surface area contributed by atoms with E-state index in [9.17, 15) is 9.59 Å². The number of methoxy groups -OCH3 is 1. The SMILES string of the molecule is CCCOc1ccc(C(=O)NCC(=O)NN=Cc2ccc(OCc3ccc(Cl)cc3)c(OC)c2)cc1. The summed E-state index contributed by atoms with van der Waals surface area (Å²) in [6.45, 7) is 2.77. The fourth-order valence-corrected chi connectivity index (χ4v) is 3.15. The first-order valence-corrected chi connectivity index (χ1v) is 11.7. The lowest BCUT2D eigenvalue weighted by atomic mass is 10.2. The average Bonchev–Trinajstić information content (AvgIpc) is 2.90. The van der Waals surface area contributed by atoms with E-state index in [0.29, 0.717) is 46.6 Å². The summed E-state index contributed by atoms with van der Waals surface area (Å²) >= 11 is 5.91. The van der Waals surface area contributed by atoms with Gasteiger partial charge in [0.1, 0.15) is 12.4 Å². The lowest BCUT2D eigenvalue weighted by Crippen LogP contribution is -2.34. The van der Waals surface area contributed by atoms with Crippen LogP contribution in [0.3, 0.4) is 0 Å².